The first-order chi connectivity index (χ1) is 10.9. The largest absolute Gasteiger partial charge is 0.477 e. The minimum absolute atomic E-state index is 0.0341. The minimum Gasteiger partial charge on any atom is -0.477 e. The quantitative estimate of drug-likeness (QED) is 0.874. The standard InChI is InChI=1S/C16H17N3O4/c1-10(2)12-7-6-11(16(22)23)15(21)19(12)9-14(20)18-13-5-3-4-8-17-13/h3-8,10H,9H2,1-2H3,(H,22,23)(H,17,18,20). The number of nitrogens with zero attached hydrogens (tertiary/aromatic N) is 2. The number of aromatic carboxylic acids is 1. The fourth-order valence-corrected chi connectivity index (χ4v) is 2.19. The van der Waals surface area contributed by atoms with Crippen molar-refractivity contribution in [3.8, 4) is 0 Å². The van der Waals surface area contributed by atoms with Crippen LogP contribution in [0.25, 0.3) is 0 Å². The van der Waals surface area contributed by atoms with Crippen molar-refractivity contribution in [3.05, 3.63) is 58.1 Å². The number of hydrogen-bond donors (Lipinski definition) is 2. The summed E-state index contributed by atoms with van der Waals surface area (Å²) < 4.78 is 1.19. The number of carbonyl (C=O) groups excluding carboxylic acids is 1. The molecule has 0 aliphatic rings. The third-order valence-corrected chi connectivity index (χ3v) is 3.26. The van der Waals surface area contributed by atoms with Gasteiger partial charge >= 0.3 is 5.97 Å². The molecule has 120 valence electrons. The highest BCUT2D eigenvalue weighted by Crippen LogP contribution is 2.13. The number of anilines is 1. The van der Waals surface area contributed by atoms with E-state index in [9.17, 15) is 14.4 Å². The molecule has 0 unspecified atom stereocenters. The monoisotopic (exact) mass is 315 g/mol. The fourth-order valence-electron chi connectivity index (χ4n) is 2.19. The summed E-state index contributed by atoms with van der Waals surface area (Å²) in [6.07, 6.45) is 1.53. The molecule has 0 saturated carbocycles. The average Bonchev–Trinajstić information content (AvgIpc) is 2.49. The van der Waals surface area contributed by atoms with Crippen molar-refractivity contribution in [2.24, 2.45) is 0 Å². The molecular formula is C16H17N3O4. The summed E-state index contributed by atoms with van der Waals surface area (Å²) in [6.45, 7) is 3.45. The Hall–Kier alpha value is -2.96. The van der Waals surface area contributed by atoms with E-state index >= 15 is 0 Å². The van der Waals surface area contributed by atoms with Crippen LogP contribution in [0.2, 0.25) is 0 Å². The zero-order valence-corrected chi connectivity index (χ0v) is 12.8. The summed E-state index contributed by atoms with van der Waals surface area (Å²) in [5.74, 6) is -1.43. The molecule has 0 bridgehead atoms. The molecule has 0 fully saturated rings. The lowest BCUT2D eigenvalue weighted by Crippen LogP contribution is -2.33. The number of carboxylic acid groups (broad SMARTS) is 1. The molecule has 0 aliphatic heterocycles. The van der Waals surface area contributed by atoms with E-state index in [1.165, 1.54) is 16.8 Å². The Morgan fingerprint density at radius 3 is 2.57 bits per heavy atom. The van der Waals surface area contributed by atoms with Crippen molar-refractivity contribution in [1.29, 1.82) is 0 Å². The van der Waals surface area contributed by atoms with Crippen LogP contribution in [0.5, 0.6) is 0 Å². The summed E-state index contributed by atoms with van der Waals surface area (Å²) in [4.78, 5) is 39.5. The molecule has 0 atom stereocenters. The van der Waals surface area contributed by atoms with Crippen molar-refractivity contribution in [2.75, 3.05) is 5.32 Å². The lowest BCUT2D eigenvalue weighted by Gasteiger charge is -2.16. The number of nitrogens with one attached hydrogen (secondary N) is 1. The molecule has 1 amide bonds. The van der Waals surface area contributed by atoms with Gasteiger partial charge in [0.2, 0.25) is 5.91 Å². The maximum Gasteiger partial charge on any atom is 0.341 e. The third-order valence-electron chi connectivity index (χ3n) is 3.26. The van der Waals surface area contributed by atoms with Gasteiger partial charge in [-0.25, -0.2) is 9.78 Å². The molecule has 2 heterocycles. The van der Waals surface area contributed by atoms with Crippen LogP contribution < -0.4 is 10.9 Å². The van der Waals surface area contributed by atoms with E-state index in [-0.39, 0.29) is 18.0 Å². The highest BCUT2D eigenvalue weighted by molar-refractivity contribution is 5.90. The molecule has 2 N–H and O–H groups in total. The zero-order valence-electron chi connectivity index (χ0n) is 12.8. The number of hydrogen-bond acceptors (Lipinski definition) is 4. The molecule has 2 aromatic rings. The van der Waals surface area contributed by atoms with Crippen molar-refractivity contribution >= 4 is 17.7 Å². The summed E-state index contributed by atoms with van der Waals surface area (Å²) in [5.41, 5.74) is -0.462. The SMILES string of the molecule is CC(C)c1ccc(C(=O)O)c(=O)n1CC(=O)Nc1ccccn1. The molecule has 7 nitrogen and oxygen atoms in total. The van der Waals surface area contributed by atoms with Gasteiger partial charge in [0, 0.05) is 11.9 Å². The lowest BCUT2D eigenvalue weighted by atomic mass is 10.1. The van der Waals surface area contributed by atoms with Gasteiger partial charge in [-0.3, -0.25) is 9.59 Å². The smallest absolute Gasteiger partial charge is 0.341 e. The van der Waals surface area contributed by atoms with E-state index in [0.29, 0.717) is 11.5 Å². The number of amides is 1. The van der Waals surface area contributed by atoms with E-state index < -0.39 is 17.4 Å². The first-order valence-electron chi connectivity index (χ1n) is 7.08. The van der Waals surface area contributed by atoms with Crippen molar-refractivity contribution < 1.29 is 14.7 Å². The van der Waals surface area contributed by atoms with Gasteiger partial charge in [0.1, 0.15) is 17.9 Å². The van der Waals surface area contributed by atoms with Crippen LogP contribution in [0, 0.1) is 0 Å². The second-order valence-corrected chi connectivity index (χ2v) is 5.29. The van der Waals surface area contributed by atoms with Gasteiger partial charge < -0.3 is 15.0 Å². The molecular weight excluding hydrogens is 298 g/mol. The van der Waals surface area contributed by atoms with Gasteiger partial charge in [0.25, 0.3) is 5.56 Å². The predicted octanol–water partition coefficient (Wildman–Crippen LogP) is 1.70. The summed E-state index contributed by atoms with van der Waals surface area (Å²) in [6, 6.07) is 7.89. The van der Waals surface area contributed by atoms with Gasteiger partial charge in [-0.1, -0.05) is 19.9 Å². The van der Waals surface area contributed by atoms with E-state index in [0.717, 1.165) is 0 Å². The van der Waals surface area contributed by atoms with Gasteiger partial charge in [0.05, 0.1) is 0 Å². The topological polar surface area (TPSA) is 101 Å². The zero-order chi connectivity index (χ0) is 17.0. The van der Waals surface area contributed by atoms with Crippen molar-refractivity contribution in [3.63, 3.8) is 0 Å². The van der Waals surface area contributed by atoms with Crippen LogP contribution in [0.3, 0.4) is 0 Å². The second-order valence-electron chi connectivity index (χ2n) is 5.29. The maximum absolute atomic E-state index is 12.3. The van der Waals surface area contributed by atoms with E-state index in [4.69, 9.17) is 5.11 Å². The molecule has 2 rings (SSSR count). The Labute approximate surface area is 132 Å². The molecule has 2 aromatic heterocycles. The van der Waals surface area contributed by atoms with Gasteiger partial charge in [0.15, 0.2) is 0 Å². The van der Waals surface area contributed by atoms with Gasteiger partial charge in [-0.15, -0.1) is 0 Å². The van der Waals surface area contributed by atoms with E-state index in [2.05, 4.69) is 10.3 Å². The van der Waals surface area contributed by atoms with E-state index in [1.54, 1.807) is 24.3 Å². The summed E-state index contributed by atoms with van der Waals surface area (Å²) in [7, 11) is 0. The Morgan fingerprint density at radius 2 is 2.00 bits per heavy atom. The van der Waals surface area contributed by atoms with Crippen LogP contribution in [0.1, 0.15) is 35.8 Å². The number of pyridine rings is 2. The van der Waals surface area contributed by atoms with Crippen LogP contribution in [-0.4, -0.2) is 26.5 Å². The summed E-state index contributed by atoms with van der Waals surface area (Å²) in [5, 5.41) is 11.6. The van der Waals surface area contributed by atoms with Gasteiger partial charge in [-0.05, 0) is 30.2 Å². The Kier molecular flexibility index (Phi) is 4.90. The Balaban J connectivity index is 2.33. The Bertz CT molecular complexity index is 782. The van der Waals surface area contributed by atoms with Crippen molar-refractivity contribution in [1.82, 2.24) is 9.55 Å². The normalized spacial score (nSPS) is 10.6. The molecule has 0 saturated heterocycles. The fraction of sp³-hybridized carbons (Fsp3) is 0.250. The maximum atomic E-state index is 12.3. The average molecular weight is 315 g/mol. The third kappa shape index (κ3) is 3.82. The first kappa shape index (κ1) is 16.4. The molecule has 0 spiro atoms. The highest BCUT2D eigenvalue weighted by atomic mass is 16.4. The number of aromatic nitrogens is 2. The highest BCUT2D eigenvalue weighted by Gasteiger charge is 2.17. The van der Waals surface area contributed by atoms with E-state index in [1.807, 2.05) is 13.8 Å². The number of carbonyl (C=O) groups is 2. The molecule has 0 aromatic carbocycles. The first-order valence-corrected chi connectivity index (χ1v) is 7.08. The molecule has 23 heavy (non-hydrogen) atoms. The molecule has 0 aliphatic carbocycles. The molecule has 7 heteroatoms. The van der Waals surface area contributed by atoms with Crippen molar-refractivity contribution in [2.45, 2.75) is 26.3 Å². The van der Waals surface area contributed by atoms with Crippen LogP contribution in [0.4, 0.5) is 5.82 Å². The molecule has 0 radical (unpaired) electrons. The van der Waals surface area contributed by atoms with Crippen LogP contribution >= 0.6 is 0 Å². The minimum atomic E-state index is -1.32. The lowest BCUT2D eigenvalue weighted by molar-refractivity contribution is -0.116. The van der Waals surface area contributed by atoms with Crippen LogP contribution in [-0.2, 0) is 11.3 Å². The second kappa shape index (κ2) is 6.87. The predicted molar refractivity (Wildman–Crippen MR) is 84.6 cm³/mol. The Morgan fingerprint density at radius 1 is 1.26 bits per heavy atom. The van der Waals surface area contributed by atoms with Crippen LogP contribution in [0.15, 0.2) is 41.3 Å². The number of carboxylic acids is 1. The number of rotatable bonds is 5. The van der Waals surface area contributed by atoms with Gasteiger partial charge in [-0.2, -0.15) is 0 Å². The summed E-state index contributed by atoms with van der Waals surface area (Å²) >= 11 is 0.